The molecule has 0 aliphatic carbocycles. The zero-order valence-electron chi connectivity index (χ0n) is 17.6. The molecule has 1 aromatic heterocycles. The first kappa shape index (κ1) is 23.6. The number of carbonyl (C=O) groups is 1. The van der Waals surface area contributed by atoms with Crippen molar-refractivity contribution >= 4 is 29.1 Å². The van der Waals surface area contributed by atoms with Crippen LogP contribution in [-0.2, 0) is 30.4 Å². The molecule has 0 saturated heterocycles. The SMILES string of the molecule is O=C(CCCc1cc(C(F)(F)F)cnc1-c1ccccc1)N1CCc2c(Cl)ccc(Cl)c2C1. The van der Waals surface area contributed by atoms with Gasteiger partial charge in [-0.1, -0.05) is 53.5 Å². The lowest BCUT2D eigenvalue weighted by atomic mass is 9.98. The maximum Gasteiger partial charge on any atom is 0.417 e. The number of aromatic nitrogens is 1. The van der Waals surface area contributed by atoms with E-state index in [0.29, 0.717) is 53.7 Å². The molecule has 0 spiro atoms. The molecular weight excluding hydrogens is 472 g/mol. The van der Waals surface area contributed by atoms with Gasteiger partial charge >= 0.3 is 6.18 Å². The number of nitrogens with zero attached hydrogens (tertiary/aromatic N) is 2. The second-order valence-electron chi connectivity index (χ2n) is 8.00. The van der Waals surface area contributed by atoms with Gasteiger partial charge in [0.2, 0.25) is 5.91 Å². The highest BCUT2D eigenvalue weighted by Crippen LogP contribution is 2.34. The first-order chi connectivity index (χ1) is 15.7. The average Bonchev–Trinajstić information content (AvgIpc) is 2.81. The van der Waals surface area contributed by atoms with Gasteiger partial charge in [0, 0.05) is 41.3 Å². The fraction of sp³-hybridized carbons (Fsp3) is 0.280. The minimum Gasteiger partial charge on any atom is -0.338 e. The van der Waals surface area contributed by atoms with Gasteiger partial charge in [0.25, 0.3) is 0 Å². The van der Waals surface area contributed by atoms with E-state index in [2.05, 4.69) is 4.98 Å². The third kappa shape index (κ3) is 5.33. The Hall–Kier alpha value is -2.57. The Morgan fingerprint density at radius 3 is 2.42 bits per heavy atom. The molecule has 3 nitrogen and oxygen atoms in total. The first-order valence-electron chi connectivity index (χ1n) is 10.6. The Kier molecular flexibility index (Phi) is 6.96. The van der Waals surface area contributed by atoms with Crippen LogP contribution in [-0.4, -0.2) is 22.3 Å². The monoisotopic (exact) mass is 492 g/mol. The summed E-state index contributed by atoms with van der Waals surface area (Å²) >= 11 is 12.6. The summed E-state index contributed by atoms with van der Waals surface area (Å²) in [5, 5.41) is 1.22. The Balaban J connectivity index is 1.47. The Morgan fingerprint density at radius 2 is 1.73 bits per heavy atom. The molecular formula is C25H21Cl2F3N2O. The van der Waals surface area contributed by atoms with Crippen molar-refractivity contribution in [2.45, 2.75) is 38.4 Å². The third-order valence-electron chi connectivity index (χ3n) is 5.83. The van der Waals surface area contributed by atoms with Gasteiger partial charge in [-0.25, -0.2) is 0 Å². The normalized spacial score (nSPS) is 13.7. The number of fused-ring (bicyclic) bond motifs is 1. The molecule has 2 aromatic carbocycles. The predicted molar refractivity (Wildman–Crippen MR) is 123 cm³/mol. The molecule has 0 bridgehead atoms. The van der Waals surface area contributed by atoms with Crippen molar-refractivity contribution in [2.24, 2.45) is 0 Å². The Morgan fingerprint density at radius 1 is 1.03 bits per heavy atom. The summed E-state index contributed by atoms with van der Waals surface area (Å²) in [7, 11) is 0. The molecule has 4 rings (SSSR count). The summed E-state index contributed by atoms with van der Waals surface area (Å²) in [6.07, 6.45) is -2.06. The van der Waals surface area contributed by atoms with Crippen molar-refractivity contribution in [3.8, 4) is 11.3 Å². The van der Waals surface area contributed by atoms with Gasteiger partial charge in [0.05, 0.1) is 11.3 Å². The van der Waals surface area contributed by atoms with Gasteiger partial charge in [-0.2, -0.15) is 13.2 Å². The molecule has 8 heteroatoms. The zero-order valence-corrected chi connectivity index (χ0v) is 19.1. The fourth-order valence-electron chi connectivity index (χ4n) is 4.11. The van der Waals surface area contributed by atoms with Crippen molar-refractivity contribution in [1.82, 2.24) is 9.88 Å². The van der Waals surface area contributed by atoms with Crippen LogP contribution < -0.4 is 0 Å². The van der Waals surface area contributed by atoms with Gasteiger partial charge in [0.1, 0.15) is 0 Å². The average molecular weight is 493 g/mol. The minimum atomic E-state index is -4.48. The number of rotatable bonds is 5. The molecule has 1 aliphatic heterocycles. The number of halogens is 5. The van der Waals surface area contributed by atoms with Crippen LogP contribution >= 0.6 is 23.2 Å². The van der Waals surface area contributed by atoms with Crippen LogP contribution in [0.4, 0.5) is 13.2 Å². The van der Waals surface area contributed by atoms with E-state index in [1.165, 1.54) is 0 Å². The van der Waals surface area contributed by atoms with E-state index in [1.807, 2.05) is 30.3 Å². The maximum absolute atomic E-state index is 13.3. The highest BCUT2D eigenvalue weighted by atomic mass is 35.5. The van der Waals surface area contributed by atoms with Crippen LogP contribution in [0.2, 0.25) is 10.0 Å². The summed E-state index contributed by atoms with van der Waals surface area (Å²) in [5.74, 6) is -0.0575. The molecule has 1 amide bonds. The van der Waals surface area contributed by atoms with Gasteiger partial charge in [-0.15, -0.1) is 0 Å². The lowest BCUT2D eigenvalue weighted by Gasteiger charge is -2.30. The number of hydrogen-bond acceptors (Lipinski definition) is 2. The van der Waals surface area contributed by atoms with Crippen molar-refractivity contribution in [3.05, 3.63) is 87.0 Å². The van der Waals surface area contributed by atoms with E-state index in [4.69, 9.17) is 23.2 Å². The van der Waals surface area contributed by atoms with Gasteiger partial charge in [0.15, 0.2) is 0 Å². The third-order valence-corrected chi connectivity index (χ3v) is 6.54. The van der Waals surface area contributed by atoms with Gasteiger partial charge in [-0.3, -0.25) is 9.78 Å². The summed E-state index contributed by atoms with van der Waals surface area (Å²) in [5.41, 5.74) is 2.76. The molecule has 3 aromatic rings. The molecule has 1 aliphatic rings. The van der Waals surface area contributed by atoms with Crippen molar-refractivity contribution in [3.63, 3.8) is 0 Å². The van der Waals surface area contributed by atoms with Gasteiger partial charge < -0.3 is 4.90 Å². The smallest absolute Gasteiger partial charge is 0.338 e. The van der Waals surface area contributed by atoms with Crippen LogP contribution in [0.1, 0.15) is 35.1 Å². The number of pyridine rings is 1. The zero-order chi connectivity index (χ0) is 23.6. The highest BCUT2D eigenvalue weighted by molar-refractivity contribution is 6.34. The summed E-state index contributed by atoms with van der Waals surface area (Å²) < 4.78 is 39.8. The van der Waals surface area contributed by atoms with Crippen molar-refractivity contribution < 1.29 is 18.0 Å². The number of alkyl halides is 3. The minimum absolute atomic E-state index is 0.0575. The van der Waals surface area contributed by atoms with Crippen molar-refractivity contribution in [2.75, 3.05) is 6.54 Å². The maximum atomic E-state index is 13.3. The molecule has 0 atom stereocenters. The van der Waals surface area contributed by atoms with Crippen molar-refractivity contribution in [1.29, 1.82) is 0 Å². The topological polar surface area (TPSA) is 33.2 Å². The van der Waals surface area contributed by atoms with Crippen LogP contribution in [0.5, 0.6) is 0 Å². The van der Waals surface area contributed by atoms with Gasteiger partial charge in [-0.05, 0) is 54.2 Å². The molecule has 0 fully saturated rings. The lowest BCUT2D eigenvalue weighted by molar-refractivity contribution is -0.138. The fourth-order valence-corrected chi connectivity index (χ4v) is 4.62. The second-order valence-corrected chi connectivity index (χ2v) is 8.82. The van der Waals surface area contributed by atoms with Crippen LogP contribution in [0, 0.1) is 0 Å². The Labute approximate surface area is 200 Å². The number of carbonyl (C=O) groups excluding carboxylic acids is 1. The molecule has 2 heterocycles. The van der Waals surface area contributed by atoms with Crippen LogP contribution in [0.3, 0.4) is 0 Å². The Bertz CT molecular complexity index is 1170. The highest BCUT2D eigenvalue weighted by Gasteiger charge is 2.32. The molecule has 33 heavy (non-hydrogen) atoms. The number of hydrogen-bond donors (Lipinski definition) is 0. The lowest BCUT2D eigenvalue weighted by Crippen LogP contribution is -2.36. The molecule has 172 valence electrons. The standard InChI is InChI=1S/C25H21Cl2F3N2O/c26-21-9-10-22(27)20-15-32(12-11-19(20)21)23(33)8-4-7-17-13-18(25(28,29)30)14-31-24(17)16-5-2-1-3-6-16/h1-3,5-6,9-10,13-14H,4,7-8,11-12,15H2. The number of aryl methyl sites for hydroxylation is 1. The number of amides is 1. The molecule has 0 saturated carbocycles. The van der Waals surface area contributed by atoms with E-state index >= 15 is 0 Å². The largest absolute Gasteiger partial charge is 0.417 e. The van der Waals surface area contributed by atoms with E-state index in [1.54, 1.807) is 17.0 Å². The van der Waals surface area contributed by atoms with E-state index < -0.39 is 11.7 Å². The molecule has 0 N–H and O–H groups in total. The quantitative estimate of drug-likeness (QED) is 0.384. The van der Waals surface area contributed by atoms with E-state index in [-0.39, 0.29) is 12.3 Å². The molecule has 0 unspecified atom stereocenters. The molecule has 0 radical (unpaired) electrons. The first-order valence-corrected chi connectivity index (χ1v) is 11.3. The van der Waals surface area contributed by atoms with Crippen LogP contribution in [0.25, 0.3) is 11.3 Å². The summed E-state index contributed by atoms with van der Waals surface area (Å²) in [6.45, 7) is 0.917. The summed E-state index contributed by atoms with van der Waals surface area (Å²) in [6, 6.07) is 13.7. The van der Waals surface area contributed by atoms with E-state index in [9.17, 15) is 18.0 Å². The number of benzene rings is 2. The van der Waals surface area contributed by atoms with Crippen LogP contribution in [0.15, 0.2) is 54.7 Å². The van der Waals surface area contributed by atoms with E-state index in [0.717, 1.165) is 29.0 Å². The second kappa shape index (κ2) is 9.74. The summed E-state index contributed by atoms with van der Waals surface area (Å²) in [4.78, 5) is 18.7. The predicted octanol–water partition coefficient (Wildman–Crippen LogP) is 6.98.